The monoisotopic (exact) mass is 532 g/mol. The highest BCUT2D eigenvalue weighted by molar-refractivity contribution is 5.76. The van der Waals surface area contributed by atoms with Gasteiger partial charge in [0.15, 0.2) is 0 Å². The highest BCUT2D eigenvalue weighted by Gasteiger charge is 2.60. The number of aliphatic carboxylic acids is 1. The number of esters is 2. The summed E-state index contributed by atoms with van der Waals surface area (Å²) < 4.78 is 11.3. The zero-order valence-electron chi connectivity index (χ0n) is 24.7. The van der Waals surface area contributed by atoms with Gasteiger partial charge in [-0.3, -0.25) is 14.4 Å². The van der Waals surface area contributed by atoms with Gasteiger partial charge in [-0.25, -0.2) is 0 Å². The summed E-state index contributed by atoms with van der Waals surface area (Å²) in [4.78, 5) is 35.3. The second kappa shape index (κ2) is 11.1. The van der Waals surface area contributed by atoms with Gasteiger partial charge >= 0.3 is 17.9 Å². The Morgan fingerprint density at radius 3 is 2.24 bits per heavy atom. The molecule has 4 saturated carbocycles. The molecule has 0 amide bonds. The maximum Gasteiger partial charge on any atom is 0.306 e. The molecule has 0 bridgehead atoms. The van der Waals surface area contributed by atoms with Crippen LogP contribution < -0.4 is 0 Å². The number of carbonyl (C=O) groups is 3. The van der Waals surface area contributed by atoms with Crippen LogP contribution in [0.4, 0.5) is 0 Å². The van der Waals surface area contributed by atoms with Gasteiger partial charge in [-0.15, -0.1) is 0 Å². The van der Waals surface area contributed by atoms with Gasteiger partial charge in [-0.2, -0.15) is 0 Å². The van der Waals surface area contributed by atoms with E-state index in [2.05, 4.69) is 20.8 Å². The minimum absolute atomic E-state index is 0.0317. The van der Waals surface area contributed by atoms with E-state index in [-0.39, 0.29) is 30.9 Å². The maximum absolute atomic E-state index is 12.4. The number of hydrogen-bond donors (Lipinski definition) is 1. The van der Waals surface area contributed by atoms with Crippen molar-refractivity contribution in [1.29, 1.82) is 0 Å². The molecular formula is C32H52O6. The number of fused-ring (bicyclic) bond motifs is 5. The van der Waals surface area contributed by atoms with Crippen LogP contribution in [-0.4, -0.2) is 34.7 Å². The Kier molecular flexibility index (Phi) is 8.60. The molecule has 0 spiro atoms. The van der Waals surface area contributed by atoms with E-state index in [4.69, 9.17) is 14.6 Å². The van der Waals surface area contributed by atoms with Crippen molar-refractivity contribution in [2.24, 2.45) is 46.3 Å². The van der Waals surface area contributed by atoms with Crippen LogP contribution in [0.5, 0.6) is 0 Å². The van der Waals surface area contributed by atoms with Gasteiger partial charge in [-0.05, 0) is 131 Å². The van der Waals surface area contributed by atoms with E-state index < -0.39 is 11.6 Å². The lowest BCUT2D eigenvalue weighted by Gasteiger charge is -2.61. The highest BCUT2D eigenvalue weighted by atomic mass is 16.6. The Morgan fingerprint density at radius 1 is 0.868 bits per heavy atom. The van der Waals surface area contributed by atoms with Gasteiger partial charge in [0.25, 0.3) is 0 Å². The number of carbonyl (C=O) groups excluding carboxylic acids is 2. The third-order valence-corrected chi connectivity index (χ3v) is 11.4. The van der Waals surface area contributed by atoms with E-state index in [1.165, 1.54) is 38.5 Å². The van der Waals surface area contributed by atoms with Gasteiger partial charge in [0.2, 0.25) is 0 Å². The predicted octanol–water partition coefficient (Wildman–Crippen LogP) is 7.18. The Labute approximate surface area is 230 Å². The minimum Gasteiger partial charge on any atom is -0.481 e. The van der Waals surface area contributed by atoms with E-state index in [1.54, 1.807) is 0 Å². The Balaban J connectivity index is 1.35. The van der Waals surface area contributed by atoms with Gasteiger partial charge in [-0.1, -0.05) is 20.8 Å². The minimum atomic E-state index is -0.952. The molecule has 0 radical (unpaired) electrons. The van der Waals surface area contributed by atoms with E-state index in [0.717, 1.165) is 43.4 Å². The van der Waals surface area contributed by atoms with Crippen LogP contribution in [0.15, 0.2) is 0 Å². The van der Waals surface area contributed by atoms with Crippen LogP contribution in [0, 0.1) is 46.3 Å². The van der Waals surface area contributed by atoms with Gasteiger partial charge < -0.3 is 14.6 Å². The normalized spacial score (nSPS) is 39.3. The second-order valence-electron chi connectivity index (χ2n) is 14.8. The van der Waals surface area contributed by atoms with Crippen LogP contribution in [0.3, 0.4) is 0 Å². The average molecular weight is 533 g/mol. The smallest absolute Gasteiger partial charge is 0.306 e. The number of rotatable bonds is 8. The fourth-order valence-corrected chi connectivity index (χ4v) is 9.69. The number of carboxylic acid groups (broad SMARTS) is 1. The maximum atomic E-state index is 12.4. The first-order chi connectivity index (χ1) is 17.7. The van der Waals surface area contributed by atoms with Crippen molar-refractivity contribution >= 4 is 17.9 Å². The summed E-state index contributed by atoms with van der Waals surface area (Å²) >= 11 is 0. The fourth-order valence-electron chi connectivity index (χ4n) is 9.69. The number of hydrogen-bond acceptors (Lipinski definition) is 5. The van der Waals surface area contributed by atoms with Gasteiger partial charge in [0.05, 0.1) is 12.8 Å². The summed E-state index contributed by atoms with van der Waals surface area (Å²) in [5.74, 6) is 2.74. The molecule has 4 rings (SSSR count). The molecule has 0 aromatic heterocycles. The molecule has 6 nitrogen and oxygen atoms in total. The molecule has 6 heteroatoms. The molecule has 0 heterocycles. The largest absolute Gasteiger partial charge is 0.481 e. The van der Waals surface area contributed by atoms with Crippen molar-refractivity contribution in [3.63, 3.8) is 0 Å². The molecule has 9 atom stereocenters. The Bertz CT molecular complexity index is 891. The van der Waals surface area contributed by atoms with Crippen molar-refractivity contribution in [1.82, 2.24) is 0 Å². The third kappa shape index (κ3) is 6.09. The van der Waals surface area contributed by atoms with Crippen molar-refractivity contribution in [3.05, 3.63) is 0 Å². The molecule has 216 valence electrons. The molecule has 38 heavy (non-hydrogen) atoms. The summed E-state index contributed by atoms with van der Waals surface area (Å²) in [5.41, 5.74) is 0.266. The van der Waals surface area contributed by atoms with Gasteiger partial charge in [0.1, 0.15) is 11.7 Å². The van der Waals surface area contributed by atoms with Gasteiger partial charge in [0, 0.05) is 6.42 Å². The molecule has 0 saturated heterocycles. The molecule has 4 fully saturated rings. The van der Waals surface area contributed by atoms with Crippen molar-refractivity contribution in [2.75, 3.05) is 0 Å². The predicted molar refractivity (Wildman–Crippen MR) is 146 cm³/mol. The summed E-state index contributed by atoms with van der Waals surface area (Å²) in [5, 5.41) is 8.86. The lowest BCUT2D eigenvalue weighted by Crippen LogP contribution is -2.54. The van der Waals surface area contributed by atoms with Crippen LogP contribution in [-0.2, 0) is 23.9 Å². The first kappa shape index (κ1) is 29.4. The van der Waals surface area contributed by atoms with Crippen molar-refractivity contribution < 1.29 is 29.0 Å². The molecule has 1 N–H and O–H groups in total. The van der Waals surface area contributed by atoms with Crippen molar-refractivity contribution in [3.8, 4) is 0 Å². The standard InChI is InChI=1S/C32H52O6/c1-20(7-13-29(36)38-30(2,3)4)24-10-11-25-23-9-8-21-19-22(37-28(35)14-12-27(33)34)15-17-31(21,5)26(23)16-18-32(24,25)6/h20-26H,7-19H2,1-6H3,(H,33,34)/t20-,21-,22-,23?,24?,25+,26?,31+,32-/m1/s1. The molecule has 0 aromatic carbocycles. The summed E-state index contributed by atoms with van der Waals surface area (Å²) in [6.45, 7) is 13.3. The summed E-state index contributed by atoms with van der Waals surface area (Å²) in [7, 11) is 0. The number of carboxylic acids is 1. The van der Waals surface area contributed by atoms with E-state index >= 15 is 0 Å². The summed E-state index contributed by atoms with van der Waals surface area (Å²) in [6.07, 6.45) is 11.8. The first-order valence-corrected chi connectivity index (χ1v) is 15.4. The zero-order chi connectivity index (χ0) is 27.9. The van der Waals surface area contributed by atoms with E-state index in [0.29, 0.717) is 35.0 Å². The first-order valence-electron chi connectivity index (χ1n) is 15.4. The topological polar surface area (TPSA) is 89.9 Å². The van der Waals surface area contributed by atoms with E-state index in [1.807, 2.05) is 20.8 Å². The SMILES string of the molecule is C[C@H](CCC(=O)OC(C)(C)C)C1CC[C@H]2C3CC[C@@H]4C[C@H](OC(=O)CCC(=O)O)CC[C@]4(C)C3CC[C@]12C. The Hall–Kier alpha value is -1.59. The molecule has 3 unspecified atom stereocenters. The van der Waals surface area contributed by atoms with Crippen LogP contribution in [0.1, 0.15) is 125 Å². The quantitative estimate of drug-likeness (QED) is 0.333. The van der Waals surface area contributed by atoms with Crippen LogP contribution >= 0.6 is 0 Å². The lowest BCUT2D eigenvalue weighted by atomic mass is 9.44. The van der Waals surface area contributed by atoms with E-state index in [9.17, 15) is 14.4 Å². The average Bonchev–Trinajstić information content (AvgIpc) is 3.17. The molecule has 0 aromatic rings. The number of ether oxygens (including phenoxy) is 2. The Morgan fingerprint density at radius 2 is 1.55 bits per heavy atom. The molecule has 0 aliphatic heterocycles. The van der Waals surface area contributed by atoms with Crippen molar-refractivity contribution in [2.45, 2.75) is 137 Å². The second-order valence-corrected chi connectivity index (χ2v) is 14.8. The molecule has 4 aliphatic rings. The van der Waals surface area contributed by atoms with Crippen LogP contribution in [0.25, 0.3) is 0 Å². The summed E-state index contributed by atoms with van der Waals surface area (Å²) in [6, 6.07) is 0. The lowest BCUT2D eigenvalue weighted by molar-refractivity contribution is -0.164. The third-order valence-electron chi connectivity index (χ3n) is 11.4. The molecule has 4 aliphatic carbocycles. The highest BCUT2D eigenvalue weighted by Crippen LogP contribution is 2.68. The fraction of sp³-hybridized carbons (Fsp3) is 0.906. The van der Waals surface area contributed by atoms with Crippen LogP contribution in [0.2, 0.25) is 0 Å². The zero-order valence-corrected chi connectivity index (χ0v) is 24.7. The molecular weight excluding hydrogens is 480 g/mol.